The van der Waals surface area contributed by atoms with Crippen LogP contribution in [0.3, 0.4) is 0 Å². The first kappa shape index (κ1) is 17.8. The van der Waals surface area contributed by atoms with E-state index >= 15 is 0 Å². The third-order valence-corrected chi connectivity index (χ3v) is 5.38. The highest BCUT2D eigenvalue weighted by Crippen LogP contribution is 2.19. The van der Waals surface area contributed by atoms with Crippen molar-refractivity contribution in [3.8, 4) is 5.69 Å². The van der Waals surface area contributed by atoms with Crippen LogP contribution in [-0.4, -0.2) is 34.3 Å². The predicted molar refractivity (Wildman–Crippen MR) is 93.5 cm³/mol. The van der Waals surface area contributed by atoms with E-state index in [4.69, 9.17) is 5.11 Å². The first-order valence-electron chi connectivity index (χ1n) is 7.67. The summed E-state index contributed by atoms with van der Waals surface area (Å²) >= 11 is 0. The number of aromatic nitrogens is 3. The van der Waals surface area contributed by atoms with Gasteiger partial charge in [0.1, 0.15) is 12.7 Å². The zero-order valence-corrected chi connectivity index (χ0v) is 14.6. The molecule has 0 fully saturated rings. The van der Waals surface area contributed by atoms with Crippen molar-refractivity contribution in [2.75, 3.05) is 0 Å². The number of carboxylic acids is 1. The molecule has 0 spiro atoms. The molecule has 2 N–H and O–H groups in total. The van der Waals surface area contributed by atoms with Crippen LogP contribution >= 0.6 is 0 Å². The van der Waals surface area contributed by atoms with Crippen molar-refractivity contribution in [1.29, 1.82) is 0 Å². The van der Waals surface area contributed by atoms with Crippen LogP contribution in [0.1, 0.15) is 28.9 Å². The third kappa shape index (κ3) is 3.79. The summed E-state index contributed by atoms with van der Waals surface area (Å²) in [6, 6.07) is 11.8. The Balaban J connectivity index is 1.75. The zero-order chi connectivity index (χ0) is 18.7. The van der Waals surface area contributed by atoms with Gasteiger partial charge in [-0.25, -0.2) is 27.6 Å². The second kappa shape index (κ2) is 7.06. The van der Waals surface area contributed by atoms with Gasteiger partial charge in [-0.2, -0.15) is 5.10 Å². The summed E-state index contributed by atoms with van der Waals surface area (Å²) in [7, 11) is -3.77. The Bertz CT molecular complexity index is 998. The lowest BCUT2D eigenvalue weighted by Crippen LogP contribution is -2.27. The van der Waals surface area contributed by atoms with Crippen LogP contribution in [0.4, 0.5) is 0 Å². The van der Waals surface area contributed by atoms with Gasteiger partial charge in [-0.3, -0.25) is 0 Å². The molecule has 0 radical (unpaired) electrons. The number of aromatic carboxylic acids is 1. The van der Waals surface area contributed by atoms with Crippen molar-refractivity contribution in [3.05, 3.63) is 72.3 Å². The minimum atomic E-state index is -3.77. The van der Waals surface area contributed by atoms with E-state index in [1.165, 1.54) is 30.6 Å². The van der Waals surface area contributed by atoms with Gasteiger partial charge in [0.15, 0.2) is 0 Å². The van der Waals surface area contributed by atoms with Crippen LogP contribution in [0.5, 0.6) is 0 Å². The molecule has 0 saturated carbocycles. The maximum atomic E-state index is 12.5. The van der Waals surface area contributed by atoms with Gasteiger partial charge >= 0.3 is 5.97 Å². The molecule has 0 unspecified atom stereocenters. The van der Waals surface area contributed by atoms with Crippen LogP contribution in [-0.2, 0) is 10.0 Å². The van der Waals surface area contributed by atoms with E-state index in [1.54, 1.807) is 30.1 Å². The van der Waals surface area contributed by atoms with Crippen molar-refractivity contribution in [2.24, 2.45) is 0 Å². The molecule has 0 amide bonds. The molecular formula is C17H16N4O4S. The zero-order valence-electron chi connectivity index (χ0n) is 13.8. The normalized spacial score (nSPS) is 12.7. The van der Waals surface area contributed by atoms with E-state index < -0.39 is 22.0 Å². The minimum Gasteiger partial charge on any atom is -0.478 e. The number of hydrogen-bond donors (Lipinski definition) is 2. The maximum Gasteiger partial charge on any atom is 0.335 e. The van der Waals surface area contributed by atoms with Gasteiger partial charge in [-0.05, 0) is 48.9 Å². The molecule has 1 heterocycles. The van der Waals surface area contributed by atoms with Crippen LogP contribution < -0.4 is 4.72 Å². The van der Waals surface area contributed by atoms with Crippen molar-refractivity contribution < 1.29 is 18.3 Å². The molecule has 3 rings (SSSR count). The number of benzene rings is 2. The van der Waals surface area contributed by atoms with E-state index in [2.05, 4.69) is 14.8 Å². The van der Waals surface area contributed by atoms with Crippen LogP contribution in [0.2, 0.25) is 0 Å². The molecule has 0 saturated heterocycles. The predicted octanol–water partition coefficient (Wildman–Crippen LogP) is 2.00. The van der Waals surface area contributed by atoms with Crippen LogP contribution in [0.25, 0.3) is 5.69 Å². The fourth-order valence-electron chi connectivity index (χ4n) is 2.40. The van der Waals surface area contributed by atoms with E-state index in [0.29, 0.717) is 0 Å². The first-order chi connectivity index (χ1) is 12.4. The lowest BCUT2D eigenvalue weighted by molar-refractivity contribution is 0.0696. The number of carbonyl (C=O) groups is 1. The highest BCUT2D eigenvalue weighted by Gasteiger charge is 2.19. The van der Waals surface area contributed by atoms with E-state index in [-0.39, 0.29) is 10.5 Å². The average Bonchev–Trinajstić information content (AvgIpc) is 3.16. The molecule has 0 aliphatic carbocycles. The summed E-state index contributed by atoms with van der Waals surface area (Å²) in [6.07, 6.45) is 3.00. The molecule has 0 aliphatic rings. The number of hydrogen-bond acceptors (Lipinski definition) is 5. The van der Waals surface area contributed by atoms with Gasteiger partial charge in [0.05, 0.1) is 16.1 Å². The Morgan fingerprint density at radius 1 is 1.12 bits per heavy atom. The number of rotatable bonds is 6. The number of nitrogens with zero attached hydrogens (tertiary/aromatic N) is 3. The van der Waals surface area contributed by atoms with Gasteiger partial charge in [0, 0.05) is 6.04 Å². The quantitative estimate of drug-likeness (QED) is 0.684. The number of carboxylic acid groups (broad SMARTS) is 1. The highest BCUT2D eigenvalue weighted by atomic mass is 32.2. The molecule has 3 aromatic rings. The van der Waals surface area contributed by atoms with Gasteiger partial charge in [0.25, 0.3) is 0 Å². The summed E-state index contributed by atoms with van der Waals surface area (Å²) in [5, 5.41) is 12.9. The summed E-state index contributed by atoms with van der Waals surface area (Å²) in [5.74, 6) is -1.11. The molecule has 0 bridgehead atoms. The van der Waals surface area contributed by atoms with E-state index in [9.17, 15) is 13.2 Å². The Morgan fingerprint density at radius 3 is 2.31 bits per heavy atom. The van der Waals surface area contributed by atoms with Gasteiger partial charge in [-0.15, -0.1) is 0 Å². The number of sulfonamides is 1. The fourth-order valence-corrected chi connectivity index (χ4v) is 3.63. The molecule has 8 nitrogen and oxygen atoms in total. The second-order valence-corrected chi connectivity index (χ2v) is 7.32. The molecule has 9 heteroatoms. The second-order valence-electron chi connectivity index (χ2n) is 5.60. The van der Waals surface area contributed by atoms with Gasteiger partial charge in [0.2, 0.25) is 10.0 Å². The van der Waals surface area contributed by atoms with Gasteiger partial charge < -0.3 is 5.11 Å². The average molecular weight is 372 g/mol. The van der Waals surface area contributed by atoms with Crippen LogP contribution in [0.15, 0.2) is 66.1 Å². The Hall–Kier alpha value is -3.04. The number of nitrogens with one attached hydrogen (secondary N) is 1. The largest absolute Gasteiger partial charge is 0.478 e. The topological polar surface area (TPSA) is 114 Å². The Morgan fingerprint density at radius 2 is 1.77 bits per heavy atom. The van der Waals surface area contributed by atoms with Crippen molar-refractivity contribution in [1.82, 2.24) is 19.5 Å². The molecule has 134 valence electrons. The van der Waals surface area contributed by atoms with Crippen molar-refractivity contribution in [2.45, 2.75) is 17.9 Å². The molecular weight excluding hydrogens is 356 g/mol. The smallest absolute Gasteiger partial charge is 0.335 e. The highest BCUT2D eigenvalue weighted by molar-refractivity contribution is 7.89. The van der Waals surface area contributed by atoms with E-state index in [1.807, 2.05) is 12.1 Å². The Kier molecular flexibility index (Phi) is 4.83. The SMILES string of the molecule is C[C@@H](NS(=O)(=O)c1ccc(C(=O)O)cc1)c1ccc(-n2cncn2)cc1. The fraction of sp³-hybridized carbons (Fsp3) is 0.118. The summed E-state index contributed by atoms with van der Waals surface area (Å²) in [6.45, 7) is 1.73. The lowest BCUT2D eigenvalue weighted by Gasteiger charge is -2.15. The van der Waals surface area contributed by atoms with E-state index in [0.717, 1.165) is 11.3 Å². The minimum absolute atomic E-state index is 0.00795. The third-order valence-electron chi connectivity index (χ3n) is 3.82. The molecule has 1 aromatic heterocycles. The van der Waals surface area contributed by atoms with Crippen molar-refractivity contribution in [3.63, 3.8) is 0 Å². The molecule has 1 atom stereocenters. The standard InChI is InChI=1S/C17H16N4O4S/c1-12(13-2-6-15(7-3-13)21-11-18-10-19-21)20-26(24,25)16-8-4-14(5-9-16)17(22)23/h2-12,20H,1H3,(H,22,23)/t12-/m1/s1. The summed E-state index contributed by atoms with van der Waals surface area (Å²) < 4.78 is 29.1. The van der Waals surface area contributed by atoms with Crippen molar-refractivity contribution >= 4 is 16.0 Å². The molecule has 0 aliphatic heterocycles. The molecule has 2 aromatic carbocycles. The van der Waals surface area contributed by atoms with Crippen LogP contribution in [0, 0.1) is 0 Å². The maximum absolute atomic E-state index is 12.5. The summed E-state index contributed by atoms with van der Waals surface area (Å²) in [4.78, 5) is 14.7. The Labute approximate surface area is 150 Å². The first-order valence-corrected chi connectivity index (χ1v) is 9.16. The lowest BCUT2D eigenvalue weighted by atomic mass is 10.1. The molecule has 26 heavy (non-hydrogen) atoms. The van der Waals surface area contributed by atoms with Gasteiger partial charge in [-0.1, -0.05) is 12.1 Å². The monoisotopic (exact) mass is 372 g/mol. The summed E-state index contributed by atoms with van der Waals surface area (Å²) in [5.41, 5.74) is 1.62.